The SMILES string of the molecule is CCC1CN(C(=O)CCOCC2CCCO2)CC1N1CCOCC1. The smallest absolute Gasteiger partial charge is 0.224 e. The first-order valence-electron chi connectivity index (χ1n) is 9.57. The third kappa shape index (κ3) is 4.69. The molecule has 0 aromatic heterocycles. The van der Waals surface area contributed by atoms with Gasteiger partial charge in [-0.2, -0.15) is 0 Å². The van der Waals surface area contributed by atoms with E-state index >= 15 is 0 Å². The first kappa shape index (κ1) is 18.1. The van der Waals surface area contributed by atoms with Gasteiger partial charge in [-0.05, 0) is 18.8 Å². The van der Waals surface area contributed by atoms with E-state index in [9.17, 15) is 4.79 Å². The predicted octanol–water partition coefficient (Wildman–Crippen LogP) is 1.14. The van der Waals surface area contributed by atoms with Crippen molar-refractivity contribution in [3.05, 3.63) is 0 Å². The Balaban J connectivity index is 1.39. The molecular formula is C18H32N2O4. The molecule has 0 bridgehead atoms. The van der Waals surface area contributed by atoms with Gasteiger partial charge in [0.2, 0.25) is 5.91 Å². The lowest BCUT2D eigenvalue weighted by Gasteiger charge is -2.34. The predicted molar refractivity (Wildman–Crippen MR) is 91.0 cm³/mol. The average Bonchev–Trinajstić information content (AvgIpc) is 3.28. The number of likely N-dealkylation sites (tertiary alicyclic amines) is 1. The molecule has 0 aromatic rings. The average molecular weight is 340 g/mol. The van der Waals surface area contributed by atoms with Crippen molar-refractivity contribution in [3.8, 4) is 0 Å². The first-order chi connectivity index (χ1) is 11.8. The van der Waals surface area contributed by atoms with Crippen LogP contribution in [0, 0.1) is 5.92 Å². The maximum absolute atomic E-state index is 12.5. The van der Waals surface area contributed by atoms with Gasteiger partial charge in [0.25, 0.3) is 0 Å². The van der Waals surface area contributed by atoms with Gasteiger partial charge in [-0.3, -0.25) is 9.69 Å². The van der Waals surface area contributed by atoms with Gasteiger partial charge in [-0.25, -0.2) is 0 Å². The van der Waals surface area contributed by atoms with Crippen molar-refractivity contribution in [2.75, 3.05) is 59.2 Å². The number of carbonyl (C=O) groups excluding carboxylic acids is 1. The number of hydrogen-bond donors (Lipinski definition) is 0. The summed E-state index contributed by atoms with van der Waals surface area (Å²) in [6.45, 7) is 9.60. The summed E-state index contributed by atoms with van der Waals surface area (Å²) in [6.07, 6.45) is 4.06. The Bertz CT molecular complexity index is 394. The fourth-order valence-electron chi connectivity index (χ4n) is 4.09. The number of nitrogens with zero attached hydrogens (tertiary/aromatic N) is 2. The number of morpholine rings is 1. The third-order valence-corrected chi connectivity index (χ3v) is 5.59. The quantitative estimate of drug-likeness (QED) is 0.651. The molecule has 0 saturated carbocycles. The van der Waals surface area contributed by atoms with Gasteiger partial charge in [0.05, 0.1) is 39.0 Å². The van der Waals surface area contributed by atoms with Crippen LogP contribution in [0.1, 0.15) is 32.6 Å². The van der Waals surface area contributed by atoms with E-state index in [1.165, 1.54) is 0 Å². The van der Waals surface area contributed by atoms with E-state index in [1.54, 1.807) is 0 Å². The fourth-order valence-corrected chi connectivity index (χ4v) is 4.09. The summed E-state index contributed by atoms with van der Waals surface area (Å²) >= 11 is 0. The summed E-state index contributed by atoms with van der Waals surface area (Å²) in [5, 5.41) is 0. The molecule has 138 valence electrons. The van der Waals surface area contributed by atoms with Crippen LogP contribution in [0.25, 0.3) is 0 Å². The van der Waals surface area contributed by atoms with E-state index < -0.39 is 0 Å². The summed E-state index contributed by atoms with van der Waals surface area (Å²) in [4.78, 5) is 17.1. The summed E-state index contributed by atoms with van der Waals surface area (Å²) in [6, 6.07) is 0.496. The highest BCUT2D eigenvalue weighted by Gasteiger charge is 2.37. The molecule has 3 fully saturated rings. The summed E-state index contributed by atoms with van der Waals surface area (Å²) in [5.74, 6) is 0.816. The molecule has 0 aliphatic carbocycles. The van der Waals surface area contributed by atoms with Gasteiger partial charge < -0.3 is 19.1 Å². The van der Waals surface area contributed by atoms with Gasteiger partial charge in [-0.1, -0.05) is 13.3 Å². The van der Waals surface area contributed by atoms with Gasteiger partial charge >= 0.3 is 0 Å². The normalized spacial score (nSPS) is 31.7. The molecule has 3 heterocycles. The summed E-state index contributed by atoms with van der Waals surface area (Å²) < 4.78 is 16.6. The topological polar surface area (TPSA) is 51.2 Å². The molecule has 3 rings (SSSR count). The highest BCUT2D eigenvalue weighted by Crippen LogP contribution is 2.26. The highest BCUT2D eigenvalue weighted by molar-refractivity contribution is 5.76. The molecule has 6 heteroatoms. The zero-order valence-corrected chi connectivity index (χ0v) is 15.0. The van der Waals surface area contributed by atoms with Gasteiger partial charge in [-0.15, -0.1) is 0 Å². The van der Waals surface area contributed by atoms with E-state index in [1.807, 2.05) is 4.90 Å². The van der Waals surface area contributed by atoms with Crippen LogP contribution in [0.4, 0.5) is 0 Å². The van der Waals surface area contributed by atoms with Gasteiger partial charge in [0.15, 0.2) is 0 Å². The molecule has 3 saturated heterocycles. The Hall–Kier alpha value is -0.690. The van der Waals surface area contributed by atoms with Crippen LogP contribution >= 0.6 is 0 Å². The maximum Gasteiger partial charge on any atom is 0.224 e. The number of amides is 1. The van der Waals surface area contributed by atoms with E-state index in [0.717, 1.165) is 65.3 Å². The van der Waals surface area contributed by atoms with E-state index in [-0.39, 0.29) is 12.0 Å². The second kappa shape index (κ2) is 9.13. The molecule has 3 unspecified atom stereocenters. The van der Waals surface area contributed by atoms with Crippen molar-refractivity contribution in [2.24, 2.45) is 5.92 Å². The Morgan fingerprint density at radius 2 is 2.04 bits per heavy atom. The van der Waals surface area contributed by atoms with Crippen LogP contribution in [-0.4, -0.2) is 87.1 Å². The molecule has 1 amide bonds. The fraction of sp³-hybridized carbons (Fsp3) is 0.944. The number of rotatable bonds is 7. The van der Waals surface area contributed by atoms with Gasteiger partial charge in [0, 0.05) is 38.8 Å². The van der Waals surface area contributed by atoms with Crippen molar-refractivity contribution >= 4 is 5.91 Å². The zero-order chi connectivity index (χ0) is 16.8. The maximum atomic E-state index is 12.5. The largest absolute Gasteiger partial charge is 0.379 e. The monoisotopic (exact) mass is 340 g/mol. The van der Waals surface area contributed by atoms with E-state index in [2.05, 4.69) is 11.8 Å². The molecule has 0 radical (unpaired) electrons. The van der Waals surface area contributed by atoms with Crippen molar-refractivity contribution in [1.29, 1.82) is 0 Å². The molecule has 3 atom stereocenters. The molecule has 3 aliphatic heterocycles. The van der Waals surface area contributed by atoms with Crippen LogP contribution in [-0.2, 0) is 19.0 Å². The van der Waals surface area contributed by atoms with Crippen LogP contribution in [0.15, 0.2) is 0 Å². The minimum atomic E-state index is 0.233. The third-order valence-electron chi connectivity index (χ3n) is 5.59. The van der Waals surface area contributed by atoms with Crippen molar-refractivity contribution in [1.82, 2.24) is 9.80 Å². The van der Waals surface area contributed by atoms with Crippen LogP contribution in [0.3, 0.4) is 0 Å². The molecule has 0 N–H and O–H groups in total. The Kier molecular flexibility index (Phi) is 6.89. The first-order valence-corrected chi connectivity index (χ1v) is 9.57. The number of carbonyl (C=O) groups is 1. The number of hydrogen-bond acceptors (Lipinski definition) is 5. The van der Waals surface area contributed by atoms with Gasteiger partial charge in [0.1, 0.15) is 0 Å². The minimum Gasteiger partial charge on any atom is -0.379 e. The van der Waals surface area contributed by atoms with E-state index in [4.69, 9.17) is 14.2 Å². The van der Waals surface area contributed by atoms with Crippen molar-refractivity contribution in [3.63, 3.8) is 0 Å². The summed E-state index contributed by atoms with van der Waals surface area (Å²) in [7, 11) is 0. The van der Waals surface area contributed by atoms with Crippen molar-refractivity contribution < 1.29 is 19.0 Å². The van der Waals surface area contributed by atoms with Crippen LogP contribution in [0.2, 0.25) is 0 Å². The molecule has 3 aliphatic rings. The molecular weight excluding hydrogens is 308 g/mol. The Morgan fingerprint density at radius 1 is 1.21 bits per heavy atom. The molecule has 24 heavy (non-hydrogen) atoms. The lowest BCUT2D eigenvalue weighted by molar-refractivity contribution is -0.131. The second-order valence-corrected chi connectivity index (χ2v) is 7.14. The zero-order valence-electron chi connectivity index (χ0n) is 15.0. The number of ether oxygens (including phenoxy) is 3. The highest BCUT2D eigenvalue weighted by atomic mass is 16.5. The summed E-state index contributed by atoms with van der Waals surface area (Å²) in [5.41, 5.74) is 0. The standard InChI is InChI=1S/C18H32N2O4/c1-2-15-12-20(13-17(15)19-6-10-22-11-7-19)18(21)5-9-23-14-16-4-3-8-24-16/h15-17H,2-14H2,1H3. The Labute approximate surface area is 145 Å². The lowest BCUT2D eigenvalue weighted by Crippen LogP contribution is -2.47. The Morgan fingerprint density at radius 3 is 2.75 bits per heavy atom. The van der Waals surface area contributed by atoms with E-state index in [0.29, 0.717) is 31.6 Å². The minimum absolute atomic E-state index is 0.233. The van der Waals surface area contributed by atoms with Crippen molar-refractivity contribution in [2.45, 2.75) is 44.8 Å². The molecule has 0 aromatic carbocycles. The second-order valence-electron chi connectivity index (χ2n) is 7.14. The molecule has 6 nitrogen and oxygen atoms in total. The molecule has 0 spiro atoms. The van der Waals surface area contributed by atoms with Crippen LogP contribution < -0.4 is 0 Å². The van der Waals surface area contributed by atoms with Crippen LogP contribution in [0.5, 0.6) is 0 Å². The lowest BCUT2D eigenvalue weighted by atomic mass is 9.99.